The highest BCUT2D eigenvalue weighted by Gasteiger charge is 2.37. The molecule has 0 saturated carbocycles. The number of piperidine rings is 1. The van der Waals surface area contributed by atoms with E-state index in [1.807, 2.05) is 23.1 Å². The van der Waals surface area contributed by atoms with E-state index in [1.165, 1.54) is 0 Å². The number of rotatable bonds is 4. The Morgan fingerprint density at radius 1 is 1.20 bits per heavy atom. The van der Waals surface area contributed by atoms with Gasteiger partial charge < -0.3 is 9.64 Å². The minimum atomic E-state index is -0.0647. The molecule has 6 nitrogen and oxygen atoms in total. The molecule has 2 aliphatic rings. The van der Waals surface area contributed by atoms with Crippen molar-refractivity contribution in [3.63, 3.8) is 0 Å². The summed E-state index contributed by atoms with van der Waals surface area (Å²) in [5.74, 6) is 0.559. The standard InChI is InChI=1S/C19H32N4O2/c1-14(2)18(22-11-15(3)25-16(4)12-22)19(24)21-9-5-7-17(13-21)23-10-6-8-20-23/h6,8,10,14-18H,5,7,9,11-13H2,1-4H3. The van der Waals surface area contributed by atoms with E-state index in [1.54, 1.807) is 0 Å². The molecule has 1 aromatic heterocycles. The summed E-state index contributed by atoms with van der Waals surface area (Å²) in [6, 6.07) is 2.18. The number of hydrogen-bond donors (Lipinski definition) is 0. The van der Waals surface area contributed by atoms with Crippen LogP contribution >= 0.6 is 0 Å². The van der Waals surface area contributed by atoms with Crippen LogP contribution in [0.25, 0.3) is 0 Å². The fraction of sp³-hybridized carbons (Fsp3) is 0.789. The number of carbonyl (C=O) groups is 1. The SMILES string of the molecule is CC1CN(C(C(=O)N2CCCC(n3cccn3)C2)C(C)C)CC(C)O1. The molecule has 2 fully saturated rings. The molecule has 2 saturated heterocycles. The van der Waals surface area contributed by atoms with Gasteiger partial charge in [-0.1, -0.05) is 13.8 Å². The maximum atomic E-state index is 13.4. The predicted octanol–water partition coefficient (Wildman–Crippen LogP) is 2.18. The second-order valence-electron chi connectivity index (χ2n) is 7.97. The van der Waals surface area contributed by atoms with Crippen molar-refractivity contribution >= 4 is 5.91 Å². The van der Waals surface area contributed by atoms with Crippen LogP contribution in [0.3, 0.4) is 0 Å². The Morgan fingerprint density at radius 2 is 1.92 bits per heavy atom. The molecule has 4 unspecified atom stereocenters. The van der Waals surface area contributed by atoms with Crippen LogP contribution in [0.2, 0.25) is 0 Å². The van der Waals surface area contributed by atoms with Crippen molar-refractivity contribution in [2.75, 3.05) is 26.2 Å². The molecule has 25 heavy (non-hydrogen) atoms. The number of ether oxygens (including phenoxy) is 1. The van der Waals surface area contributed by atoms with Crippen LogP contribution in [0.5, 0.6) is 0 Å². The summed E-state index contributed by atoms with van der Waals surface area (Å²) in [7, 11) is 0. The summed E-state index contributed by atoms with van der Waals surface area (Å²) in [6.45, 7) is 11.8. The van der Waals surface area contributed by atoms with Gasteiger partial charge in [-0.2, -0.15) is 5.10 Å². The number of carbonyl (C=O) groups excluding carboxylic acids is 1. The monoisotopic (exact) mass is 348 g/mol. The number of nitrogens with zero attached hydrogens (tertiary/aromatic N) is 4. The minimum Gasteiger partial charge on any atom is -0.373 e. The molecule has 0 N–H and O–H groups in total. The van der Waals surface area contributed by atoms with Gasteiger partial charge in [0, 0.05) is 38.6 Å². The maximum absolute atomic E-state index is 13.4. The Kier molecular flexibility index (Phi) is 5.79. The van der Waals surface area contributed by atoms with Crippen LogP contribution in [-0.4, -0.2) is 69.9 Å². The van der Waals surface area contributed by atoms with Gasteiger partial charge in [-0.05, 0) is 38.7 Å². The normalized spacial score (nSPS) is 29.8. The Morgan fingerprint density at radius 3 is 2.52 bits per heavy atom. The highest BCUT2D eigenvalue weighted by Crippen LogP contribution is 2.25. The van der Waals surface area contributed by atoms with Gasteiger partial charge in [0.15, 0.2) is 0 Å². The average Bonchev–Trinajstić information content (AvgIpc) is 3.08. The lowest BCUT2D eigenvalue weighted by Gasteiger charge is -2.43. The zero-order chi connectivity index (χ0) is 18.0. The number of likely N-dealkylation sites (tertiary alicyclic amines) is 1. The quantitative estimate of drug-likeness (QED) is 0.837. The molecule has 2 aliphatic heterocycles. The zero-order valence-corrected chi connectivity index (χ0v) is 16.0. The fourth-order valence-corrected chi connectivity index (χ4v) is 4.36. The first kappa shape index (κ1) is 18.4. The zero-order valence-electron chi connectivity index (χ0n) is 16.0. The van der Waals surface area contributed by atoms with E-state index in [9.17, 15) is 4.79 Å². The third-order valence-corrected chi connectivity index (χ3v) is 5.33. The molecule has 0 aromatic carbocycles. The van der Waals surface area contributed by atoms with Crippen molar-refractivity contribution in [2.24, 2.45) is 5.92 Å². The smallest absolute Gasteiger partial charge is 0.240 e. The first-order chi connectivity index (χ1) is 12.0. The summed E-state index contributed by atoms with van der Waals surface area (Å²) >= 11 is 0. The van der Waals surface area contributed by atoms with E-state index in [0.29, 0.717) is 6.04 Å². The summed E-state index contributed by atoms with van der Waals surface area (Å²) < 4.78 is 7.86. The lowest BCUT2D eigenvalue weighted by molar-refractivity contribution is -0.147. The molecule has 1 amide bonds. The van der Waals surface area contributed by atoms with E-state index < -0.39 is 0 Å². The second-order valence-corrected chi connectivity index (χ2v) is 7.97. The van der Waals surface area contributed by atoms with Crippen LogP contribution in [0.4, 0.5) is 0 Å². The molecule has 140 valence electrons. The Labute approximate surface area is 151 Å². The third kappa shape index (κ3) is 4.23. The summed E-state index contributed by atoms with van der Waals surface area (Å²) in [5.41, 5.74) is 0. The van der Waals surface area contributed by atoms with E-state index >= 15 is 0 Å². The van der Waals surface area contributed by atoms with Gasteiger partial charge in [-0.25, -0.2) is 0 Å². The van der Waals surface area contributed by atoms with Gasteiger partial charge in [-0.15, -0.1) is 0 Å². The second kappa shape index (κ2) is 7.87. The van der Waals surface area contributed by atoms with Gasteiger partial charge in [0.25, 0.3) is 0 Å². The molecule has 6 heteroatoms. The van der Waals surface area contributed by atoms with E-state index in [4.69, 9.17) is 4.74 Å². The Hall–Kier alpha value is -1.40. The molecule has 1 aromatic rings. The van der Waals surface area contributed by atoms with E-state index in [-0.39, 0.29) is 30.1 Å². The van der Waals surface area contributed by atoms with Crippen molar-refractivity contribution in [3.8, 4) is 0 Å². The number of aromatic nitrogens is 2. The van der Waals surface area contributed by atoms with Crippen molar-refractivity contribution < 1.29 is 9.53 Å². The molecule has 4 atom stereocenters. The van der Waals surface area contributed by atoms with Crippen molar-refractivity contribution in [1.82, 2.24) is 19.6 Å². The van der Waals surface area contributed by atoms with Crippen LogP contribution in [0, 0.1) is 5.92 Å². The Bertz CT molecular complexity index is 550. The number of morpholine rings is 1. The number of amides is 1. The van der Waals surface area contributed by atoms with Gasteiger partial charge in [0.1, 0.15) is 0 Å². The lowest BCUT2D eigenvalue weighted by atomic mass is 9.97. The van der Waals surface area contributed by atoms with Crippen LogP contribution in [0.1, 0.15) is 46.6 Å². The Balaban J connectivity index is 1.71. The van der Waals surface area contributed by atoms with Crippen LogP contribution in [-0.2, 0) is 9.53 Å². The maximum Gasteiger partial charge on any atom is 0.240 e. The van der Waals surface area contributed by atoms with Crippen LogP contribution < -0.4 is 0 Å². The predicted molar refractivity (Wildman–Crippen MR) is 97.3 cm³/mol. The first-order valence-electron chi connectivity index (χ1n) is 9.63. The molecule has 3 heterocycles. The molecule has 0 radical (unpaired) electrons. The van der Waals surface area contributed by atoms with E-state index in [0.717, 1.165) is 39.0 Å². The summed E-state index contributed by atoms with van der Waals surface area (Å²) in [6.07, 6.45) is 6.30. The number of hydrogen-bond acceptors (Lipinski definition) is 4. The summed E-state index contributed by atoms with van der Waals surface area (Å²) in [4.78, 5) is 17.8. The minimum absolute atomic E-state index is 0.0647. The topological polar surface area (TPSA) is 50.6 Å². The van der Waals surface area contributed by atoms with Gasteiger partial charge >= 0.3 is 0 Å². The van der Waals surface area contributed by atoms with Crippen molar-refractivity contribution in [3.05, 3.63) is 18.5 Å². The summed E-state index contributed by atoms with van der Waals surface area (Å²) in [5, 5.41) is 4.38. The van der Waals surface area contributed by atoms with Crippen LogP contribution in [0.15, 0.2) is 18.5 Å². The molecular weight excluding hydrogens is 316 g/mol. The van der Waals surface area contributed by atoms with Gasteiger partial charge in [0.05, 0.1) is 24.3 Å². The van der Waals surface area contributed by atoms with Crippen molar-refractivity contribution in [2.45, 2.75) is 64.8 Å². The molecule has 3 rings (SSSR count). The van der Waals surface area contributed by atoms with Gasteiger partial charge in [-0.3, -0.25) is 14.4 Å². The molecule has 0 aliphatic carbocycles. The molecule has 0 spiro atoms. The lowest BCUT2D eigenvalue weighted by Crippen LogP contribution is -2.58. The first-order valence-corrected chi connectivity index (χ1v) is 9.63. The highest BCUT2D eigenvalue weighted by molar-refractivity contribution is 5.82. The average molecular weight is 348 g/mol. The molecule has 0 bridgehead atoms. The van der Waals surface area contributed by atoms with Crippen molar-refractivity contribution in [1.29, 1.82) is 0 Å². The van der Waals surface area contributed by atoms with E-state index in [2.05, 4.69) is 42.6 Å². The fourth-order valence-electron chi connectivity index (χ4n) is 4.36. The highest BCUT2D eigenvalue weighted by atomic mass is 16.5. The third-order valence-electron chi connectivity index (χ3n) is 5.33. The largest absolute Gasteiger partial charge is 0.373 e. The van der Waals surface area contributed by atoms with Gasteiger partial charge in [0.2, 0.25) is 5.91 Å². The molecular formula is C19H32N4O2.